The number of esters is 1. The molecule has 0 bridgehead atoms. The van der Waals surface area contributed by atoms with Crippen molar-refractivity contribution in [3.63, 3.8) is 0 Å². The first-order valence-electron chi connectivity index (χ1n) is 8.52. The zero-order valence-corrected chi connectivity index (χ0v) is 14.6. The highest BCUT2D eigenvalue weighted by molar-refractivity contribution is 5.70. The molecule has 3 rings (SSSR count). The molecule has 1 aromatic heterocycles. The predicted octanol–water partition coefficient (Wildman–Crippen LogP) is 1.59. The third-order valence-electron chi connectivity index (χ3n) is 4.16. The first-order valence-corrected chi connectivity index (χ1v) is 8.52. The van der Waals surface area contributed by atoms with Gasteiger partial charge in [-0.2, -0.15) is 5.10 Å². The molecule has 0 radical (unpaired) electrons. The van der Waals surface area contributed by atoms with Gasteiger partial charge in [-0.25, -0.2) is 4.68 Å². The predicted molar refractivity (Wildman–Crippen MR) is 91.2 cm³/mol. The van der Waals surface area contributed by atoms with E-state index in [1.165, 1.54) is 4.68 Å². The summed E-state index contributed by atoms with van der Waals surface area (Å²) in [5.41, 5.74) is 1.53. The molecule has 0 saturated carbocycles. The van der Waals surface area contributed by atoms with Crippen molar-refractivity contribution in [2.75, 3.05) is 20.0 Å². The first-order chi connectivity index (χ1) is 12.6. The number of hydrogen-bond donors (Lipinski definition) is 2. The number of carbonyl (C=O) groups is 1. The van der Waals surface area contributed by atoms with Gasteiger partial charge in [0, 0.05) is 12.0 Å². The van der Waals surface area contributed by atoms with Gasteiger partial charge in [-0.15, -0.1) is 0 Å². The molecule has 2 aromatic rings. The van der Waals surface area contributed by atoms with Crippen LogP contribution in [0.5, 0.6) is 17.4 Å². The number of aromatic nitrogens is 2. The van der Waals surface area contributed by atoms with Crippen molar-refractivity contribution in [1.82, 2.24) is 9.78 Å². The number of benzene rings is 1. The lowest BCUT2D eigenvalue weighted by atomic mass is 9.91. The number of ether oxygens (including phenoxy) is 3. The summed E-state index contributed by atoms with van der Waals surface area (Å²) in [6, 6.07) is 7.11. The van der Waals surface area contributed by atoms with Crippen LogP contribution in [0.15, 0.2) is 24.3 Å². The Kier molecular flexibility index (Phi) is 5.62. The van der Waals surface area contributed by atoms with Gasteiger partial charge >= 0.3 is 5.97 Å². The maximum Gasteiger partial charge on any atom is 0.306 e. The minimum absolute atomic E-state index is 0.0189. The highest BCUT2D eigenvalue weighted by atomic mass is 16.7. The summed E-state index contributed by atoms with van der Waals surface area (Å²) in [6.07, 6.45) is 0.617. The molecule has 2 N–H and O–H groups in total. The number of nitrogens with zero attached hydrogens (tertiary/aromatic N) is 2. The minimum atomic E-state index is -0.297. The van der Waals surface area contributed by atoms with Gasteiger partial charge in [0.2, 0.25) is 12.7 Å². The average Bonchev–Trinajstić information content (AvgIpc) is 3.21. The lowest BCUT2D eigenvalue weighted by molar-refractivity contribution is -0.143. The highest BCUT2D eigenvalue weighted by Crippen LogP contribution is 2.36. The number of fused-ring (bicyclic) bond motifs is 1. The van der Waals surface area contributed by atoms with E-state index in [4.69, 9.17) is 19.3 Å². The summed E-state index contributed by atoms with van der Waals surface area (Å²) in [5, 5.41) is 23.2. The summed E-state index contributed by atoms with van der Waals surface area (Å²) >= 11 is 0. The SMILES string of the molecule is CCOC(=O)CC(Cc1cc(O)n(CCO)n1)c1ccc2c(c1)OCO2. The van der Waals surface area contributed by atoms with E-state index in [0.29, 0.717) is 30.2 Å². The molecule has 1 atom stereocenters. The maximum absolute atomic E-state index is 12.0. The molecular weight excluding hydrogens is 340 g/mol. The van der Waals surface area contributed by atoms with Crippen molar-refractivity contribution < 1.29 is 29.2 Å². The van der Waals surface area contributed by atoms with Crippen LogP contribution in [0.4, 0.5) is 0 Å². The second kappa shape index (κ2) is 8.09. The minimum Gasteiger partial charge on any atom is -0.493 e. The molecular formula is C18H22N2O6. The normalized spacial score (nSPS) is 13.6. The van der Waals surface area contributed by atoms with E-state index in [1.54, 1.807) is 13.0 Å². The largest absolute Gasteiger partial charge is 0.493 e. The Morgan fingerprint density at radius 1 is 1.35 bits per heavy atom. The fraction of sp³-hybridized carbons (Fsp3) is 0.444. The zero-order chi connectivity index (χ0) is 18.5. The van der Waals surface area contributed by atoms with Crippen molar-refractivity contribution in [3.8, 4) is 17.4 Å². The zero-order valence-electron chi connectivity index (χ0n) is 14.6. The average molecular weight is 362 g/mol. The fourth-order valence-corrected chi connectivity index (χ4v) is 2.97. The van der Waals surface area contributed by atoms with E-state index in [-0.39, 0.29) is 44.1 Å². The molecule has 2 heterocycles. The first kappa shape index (κ1) is 18.1. The molecule has 1 unspecified atom stereocenters. The van der Waals surface area contributed by atoms with Crippen LogP contribution >= 0.6 is 0 Å². The van der Waals surface area contributed by atoms with Gasteiger partial charge in [0.25, 0.3) is 0 Å². The monoisotopic (exact) mass is 362 g/mol. The van der Waals surface area contributed by atoms with E-state index in [1.807, 2.05) is 18.2 Å². The number of aliphatic hydroxyl groups excluding tert-OH is 1. The van der Waals surface area contributed by atoms with Gasteiger partial charge in [-0.1, -0.05) is 6.07 Å². The Hall–Kier alpha value is -2.74. The standard InChI is InChI=1S/C18H22N2O6/c1-2-24-18(23)9-13(7-14-10-17(22)20(19-14)5-6-21)12-3-4-15-16(8-12)26-11-25-15/h3-4,8,10,13,21-22H,2,5-7,9,11H2,1H3. The molecule has 0 fully saturated rings. The lowest BCUT2D eigenvalue weighted by Crippen LogP contribution is -2.13. The second-order valence-corrected chi connectivity index (χ2v) is 5.96. The van der Waals surface area contributed by atoms with Crippen LogP contribution in [0.25, 0.3) is 0 Å². The van der Waals surface area contributed by atoms with E-state index >= 15 is 0 Å². The number of aliphatic hydroxyl groups is 1. The topological polar surface area (TPSA) is 103 Å². The Balaban J connectivity index is 1.83. The Morgan fingerprint density at radius 2 is 2.15 bits per heavy atom. The summed E-state index contributed by atoms with van der Waals surface area (Å²) in [5.74, 6) is 0.808. The number of rotatable bonds is 8. The highest BCUT2D eigenvalue weighted by Gasteiger charge is 2.23. The third kappa shape index (κ3) is 4.08. The molecule has 0 spiro atoms. The molecule has 8 heteroatoms. The smallest absolute Gasteiger partial charge is 0.306 e. The van der Waals surface area contributed by atoms with Crippen LogP contribution < -0.4 is 9.47 Å². The van der Waals surface area contributed by atoms with E-state index in [2.05, 4.69) is 5.10 Å². The Morgan fingerprint density at radius 3 is 2.92 bits per heavy atom. The van der Waals surface area contributed by atoms with Crippen LogP contribution in [0, 0.1) is 0 Å². The van der Waals surface area contributed by atoms with Crippen LogP contribution in [-0.4, -0.2) is 46.0 Å². The third-order valence-corrected chi connectivity index (χ3v) is 4.16. The van der Waals surface area contributed by atoms with E-state index in [9.17, 15) is 9.90 Å². The van der Waals surface area contributed by atoms with Gasteiger partial charge in [-0.3, -0.25) is 4.79 Å². The maximum atomic E-state index is 12.0. The molecule has 0 aliphatic carbocycles. The van der Waals surface area contributed by atoms with Gasteiger partial charge in [0.05, 0.1) is 31.9 Å². The lowest BCUT2D eigenvalue weighted by Gasteiger charge is -2.16. The fourth-order valence-electron chi connectivity index (χ4n) is 2.97. The van der Waals surface area contributed by atoms with Crippen molar-refractivity contribution in [2.45, 2.75) is 32.2 Å². The van der Waals surface area contributed by atoms with E-state index < -0.39 is 0 Å². The number of hydrogen-bond acceptors (Lipinski definition) is 7. The van der Waals surface area contributed by atoms with Crippen molar-refractivity contribution in [3.05, 3.63) is 35.5 Å². The molecule has 1 aliphatic rings. The van der Waals surface area contributed by atoms with E-state index in [0.717, 1.165) is 5.56 Å². The molecule has 140 valence electrons. The Bertz CT molecular complexity index is 773. The van der Waals surface area contributed by atoms with Gasteiger partial charge in [-0.05, 0) is 31.0 Å². The number of carbonyl (C=O) groups excluding carboxylic acids is 1. The van der Waals surface area contributed by atoms with Crippen molar-refractivity contribution in [2.24, 2.45) is 0 Å². The molecule has 0 amide bonds. The van der Waals surface area contributed by atoms with Gasteiger partial charge in [0.1, 0.15) is 0 Å². The number of aromatic hydroxyl groups is 1. The van der Waals surface area contributed by atoms with Gasteiger partial charge in [0.15, 0.2) is 11.5 Å². The van der Waals surface area contributed by atoms with Gasteiger partial charge < -0.3 is 24.4 Å². The summed E-state index contributed by atoms with van der Waals surface area (Å²) in [4.78, 5) is 12.0. The molecule has 8 nitrogen and oxygen atoms in total. The molecule has 0 saturated heterocycles. The van der Waals surface area contributed by atoms with Crippen molar-refractivity contribution in [1.29, 1.82) is 0 Å². The van der Waals surface area contributed by atoms with Crippen LogP contribution in [0.2, 0.25) is 0 Å². The second-order valence-electron chi connectivity index (χ2n) is 5.96. The summed E-state index contributed by atoms with van der Waals surface area (Å²) < 4.78 is 17.2. The quantitative estimate of drug-likeness (QED) is 0.687. The van der Waals surface area contributed by atoms with Crippen LogP contribution in [-0.2, 0) is 22.5 Å². The summed E-state index contributed by atoms with van der Waals surface area (Å²) in [6.45, 7) is 2.35. The van der Waals surface area contributed by atoms with Crippen LogP contribution in [0.3, 0.4) is 0 Å². The summed E-state index contributed by atoms with van der Waals surface area (Å²) in [7, 11) is 0. The molecule has 1 aromatic carbocycles. The molecule has 26 heavy (non-hydrogen) atoms. The van der Waals surface area contributed by atoms with Crippen molar-refractivity contribution >= 4 is 5.97 Å². The van der Waals surface area contributed by atoms with Crippen LogP contribution in [0.1, 0.15) is 30.5 Å². The molecule has 1 aliphatic heterocycles. The Labute approximate surface area is 150 Å².